The highest BCUT2D eigenvalue weighted by Crippen LogP contribution is 1.91. The van der Waals surface area contributed by atoms with Gasteiger partial charge in [-0.3, -0.25) is 4.79 Å². The molecule has 1 aliphatic heterocycles. The Bertz CT molecular complexity index is 113. The number of morpholine rings is 1. The molecule has 5 heteroatoms. The van der Waals surface area contributed by atoms with E-state index in [-0.39, 0.29) is 19.0 Å². The van der Waals surface area contributed by atoms with Crippen molar-refractivity contribution in [3.63, 3.8) is 0 Å². The van der Waals surface area contributed by atoms with Crippen molar-refractivity contribution in [3.05, 3.63) is 0 Å². The maximum Gasteiger partial charge on any atom is 0.323 e. The smallest absolute Gasteiger partial charge is 0.323 e. The van der Waals surface area contributed by atoms with Gasteiger partial charge in [0.25, 0.3) is 0 Å². The SMILES string of the molecule is Cl.O=C(O)C1COCCN1. The molecule has 1 saturated heterocycles. The number of hydrogen-bond donors (Lipinski definition) is 2. The zero-order valence-corrected chi connectivity index (χ0v) is 6.19. The van der Waals surface area contributed by atoms with Crippen LogP contribution in [0.5, 0.6) is 0 Å². The third kappa shape index (κ3) is 2.51. The van der Waals surface area contributed by atoms with E-state index in [9.17, 15) is 4.79 Å². The standard InChI is InChI=1S/C5H9NO3.ClH/c7-5(8)4-3-9-2-1-6-4;/h4,6H,1-3H2,(H,7,8);1H. The minimum atomic E-state index is -0.838. The summed E-state index contributed by atoms with van der Waals surface area (Å²) in [4.78, 5) is 10.2. The Labute approximate surface area is 65.0 Å². The lowest BCUT2D eigenvalue weighted by Gasteiger charge is -2.19. The molecule has 1 heterocycles. The van der Waals surface area contributed by atoms with Crippen molar-refractivity contribution in [2.45, 2.75) is 6.04 Å². The molecule has 0 saturated carbocycles. The van der Waals surface area contributed by atoms with Crippen LogP contribution >= 0.6 is 12.4 Å². The van der Waals surface area contributed by atoms with E-state index in [1.807, 2.05) is 0 Å². The zero-order chi connectivity index (χ0) is 6.69. The molecule has 0 radical (unpaired) electrons. The summed E-state index contributed by atoms with van der Waals surface area (Å²) < 4.78 is 4.90. The van der Waals surface area contributed by atoms with Gasteiger partial charge in [-0.2, -0.15) is 0 Å². The first-order valence-electron chi connectivity index (χ1n) is 2.84. The molecular weight excluding hydrogens is 158 g/mol. The summed E-state index contributed by atoms with van der Waals surface area (Å²) >= 11 is 0. The topological polar surface area (TPSA) is 58.6 Å². The van der Waals surface area contributed by atoms with E-state index in [2.05, 4.69) is 5.32 Å². The van der Waals surface area contributed by atoms with Crippen LogP contribution in [0.4, 0.5) is 0 Å². The minimum absolute atomic E-state index is 0. The number of carboxylic acid groups (broad SMARTS) is 1. The van der Waals surface area contributed by atoms with Crippen LogP contribution < -0.4 is 5.32 Å². The molecule has 1 fully saturated rings. The van der Waals surface area contributed by atoms with Gasteiger partial charge in [-0.1, -0.05) is 0 Å². The van der Waals surface area contributed by atoms with E-state index >= 15 is 0 Å². The molecule has 60 valence electrons. The van der Waals surface area contributed by atoms with Crippen LogP contribution in [0.2, 0.25) is 0 Å². The second-order valence-electron chi connectivity index (χ2n) is 1.92. The second kappa shape index (κ2) is 4.49. The monoisotopic (exact) mass is 167 g/mol. The number of carbonyl (C=O) groups is 1. The van der Waals surface area contributed by atoms with Crippen LogP contribution in [0.25, 0.3) is 0 Å². The molecule has 1 unspecified atom stereocenters. The Morgan fingerprint density at radius 3 is 2.70 bits per heavy atom. The average molecular weight is 168 g/mol. The molecule has 0 bridgehead atoms. The maximum atomic E-state index is 10.2. The van der Waals surface area contributed by atoms with Gasteiger partial charge >= 0.3 is 5.97 Å². The minimum Gasteiger partial charge on any atom is -0.480 e. The molecule has 1 aliphatic rings. The molecule has 10 heavy (non-hydrogen) atoms. The molecule has 0 spiro atoms. The number of rotatable bonds is 1. The molecule has 0 aromatic heterocycles. The first-order valence-corrected chi connectivity index (χ1v) is 2.84. The maximum absolute atomic E-state index is 10.2. The van der Waals surface area contributed by atoms with E-state index in [1.165, 1.54) is 0 Å². The molecule has 0 amide bonds. The number of halogens is 1. The summed E-state index contributed by atoms with van der Waals surface area (Å²) in [5, 5.41) is 11.2. The van der Waals surface area contributed by atoms with Gasteiger partial charge in [0.2, 0.25) is 0 Å². The Morgan fingerprint density at radius 1 is 1.70 bits per heavy atom. The number of carboxylic acids is 1. The summed E-state index contributed by atoms with van der Waals surface area (Å²) in [6.45, 7) is 1.54. The average Bonchev–Trinajstić information content (AvgIpc) is 1.90. The predicted molar refractivity (Wildman–Crippen MR) is 37.5 cm³/mol. The van der Waals surface area contributed by atoms with Crippen molar-refractivity contribution in [1.82, 2.24) is 5.32 Å². The third-order valence-electron chi connectivity index (χ3n) is 1.22. The van der Waals surface area contributed by atoms with Crippen molar-refractivity contribution in [1.29, 1.82) is 0 Å². The van der Waals surface area contributed by atoms with Gasteiger partial charge in [0, 0.05) is 6.54 Å². The molecule has 1 rings (SSSR count). The van der Waals surface area contributed by atoms with Crippen LogP contribution in [-0.2, 0) is 9.53 Å². The first kappa shape index (κ1) is 9.68. The third-order valence-corrected chi connectivity index (χ3v) is 1.22. The highest BCUT2D eigenvalue weighted by atomic mass is 35.5. The van der Waals surface area contributed by atoms with Crippen molar-refractivity contribution in [2.75, 3.05) is 19.8 Å². The van der Waals surface area contributed by atoms with Crippen LogP contribution in [-0.4, -0.2) is 36.9 Å². The Balaban J connectivity index is 0.000000810. The number of aliphatic carboxylic acids is 1. The quantitative estimate of drug-likeness (QED) is 0.552. The Hall–Kier alpha value is -0.320. The van der Waals surface area contributed by atoms with Gasteiger partial charge in [0.05, 0.1) is 13.2 Å². The first-order chi connectivity index (χ1) is 4.30. The van der Waals surface area contributed by atoms with Crippen LogP contribution in [0, 0.1) is 0 Å². The van der Waals surface area contributed by atoms with E-state index in [0.29, 0.717) is 13.2 Å². The van der Waals surface area contributed by atoms with Gasteiger partial charge in [0.15, 0.2) is 0 Å². The summed E-state index contributed by atoms with van der Waals surface area (Å²) in [7, 11) is 0. The molecule has 1 atom stereocenters. The Kier molecular flexibility index (Phi) is 4.34. The van der Waals surface area contributed by atoms with E-state index in [1.54, 1.807) is 0 Å². The normalized spacial score (nSPS) is 25.0. The highest BCUT2D eigenvalue weighted by Gasteiger charge is 2.19. The van der Waals surface area contributed by atoms with E-state index in [4.69, 9.17) is 9.84 Å². The zero-order valence-electron chi connectivity index (χ0n) is 5.37. The summed E-state index contributed by atoms with van der Waals surface area (Å²) in [5.41, 5.74) is 0. The highest BCUT2D eigenvalue weighted by molar-refractivity contribution is 5.85. The molecule has 4 nitrogen and oxygen atoms in total. The van der Waals surface area contributed by atoms with E-state index < -0.39 is 12.0 Å². The lowest BCUT2D eigenvalue weighted by molar-refractivity contribution is -0.142. The van der Waals surface area contributed by atoms with Crippen LogP contribution in [0.1, 0.15) is 0 Å². The predicted octanol–water partition coefficient (Wildman–Crippen LogP) is -0.519. The summed E-state index contributed by atoms with van der Waals surface area (Å²) in [5.74, 6) is -0.838. The Morgan fingerprint density at radius 2 is 2.40 bits per heavy atom. The largest absolute Gasteiger partial charge is 0.480 e. The second-order valence-corrected chi connectivity index (χ2v) is 1.92. The fourth-order valence-electron chi connectivity index (χ4n) is 0.724. The van der Waals surface area contributed by atoms with Gasteiger partial charge in [-0.25, -0.2) is 0 Å². The molecular formula is C5H10ClNO3. The lowest BCUT2D eigenvalue weighted by atomic mass is 10.3. The number of ether oxygens (including phenoxy) is 1. The van der Waals surface area contributed by atoms with Crippen molar-refractivity contribution < 1.29 is 14.6 Å². The van der Waals surface area contributed by atoms with Gasteiger partial charge in [-0.05, 0) is 0 Å². The van der Waals surface area contributed by atoms with Crippen molar-refractivity contribution in [2.24, 2.45) is 0 Å². The van der Waals surface area contributed by atoms with Crippen molar-refractivity contribution in [3.8, 4) is 0 Å². The van der Waals surface area contributed by atoms with Crippen LogP contribution in [0.3, 0.4) is 0 Å². The molecule has 0 aromatic rings. The molecule has 2 N–H and O–H groups in total. The van der Waals surface area contributed by atoms with Crippen molar-refractivity contribution >= 4 is 18.4 Å². The van der Waals surface area contributed by atoms with Crippen LogP contribution in [0.15, 0.2) is 0 Å². The summed E-state index contributed by atoms with van der Waals surface area (Å²) in [6, 6.07) is -0.501. The number of hydrogen-bond acceptors (Lipinski definition) is 3. The number of nitrogens with one attached hydrogen (secondary N) is 1. The fourth-order valence-corrected chi connectivity index (χ4v) is 0.724. The van der Waals surface area contributed by atoms with E-state index in [0.717, 1.165) is 0 Å². The van der Waals surface area contributed by atoms with Gasteiger partial charge < -0.3 is 15.2 Å². The lowest BCUT2D eigenvalue weighted by Crippen LogP contribution is -2.46. The molecule has 0 aromatic carbocycles. The van der Waals surface area contributed by atoms with Gasteiger partial charge in [-0.15, -0.1) is 12.4 Å². The summed E-state index contributed by atoms with van der Waals surface area (Å²) in [6.07, 6.45) is 0. The fraction of sp³-hybridized carbons (Fsp3) is 0.800. The van der Waals surface area contributed by atoms with Gasteiger partial charge in [0.1, 0.15) is 6.04 Å². The molecule has 0 aliphatic carbocycles.